The minimum absolute atomic E-state index is 0.183. The minimum atomic E-state index is -0.324. The van der Waals surface area contributed by atoms with E-state index in [1.165, 1.54) is 24.5 Å². The summed E-state index contributed by atoms with van der Waals surface area (Å²) in [6, 6.07) is 14.9. The van der Waals surface area contributed by atoms with Gasteiger partial charge in [-0.15, -0.1) is 0 Å². The summed E-state index contributed by atoms with van der Waals surface area (Å²) in [4.78, 5) is 21.0. The van der Waals surface area contributed by atoms with E-state index in [0.717, 1.165) is 0 Å². The Labute approximate surface area is 226 Å². The fourth-order valence-electron chi connectivity index (χ4n) is 3.50. The molecule has 4 rings (SSSR count). The van der Waals surface area contributed by atoms with E-state index in [0.29, 0.717) is 62.1 Å². The number of rotatable bonds is 10. The number of nitrogens with one attached hydrogen (secondary N) is 2. The highest BCUT2D eigenvalue weighted by atomic mass is 79.9. The highest BCUT2D eigenvalue weighted by molar-refractivity contribution is 9.09. The molecule has 4 aromatic rings. The van der Waals surface area contributed by atoms with Gasteiger partial charge in [-0.05, 0) is 48.9 Å². The first kappa shape index (κ1) is 26.4. The summed E-state index contributed by atoms with van der Waals surface area (Å²) < 4.78 is 24.9. The van der Waals surface area contributed by atoms with Crippen LogP contribution in [-0.2, 0) is 11.4 Å². The number of ether oxygens (including phenoxy) is 2. The Balaban J connectivity index is 1.57. The number of alkyl halides is 1. The summed E-state index contributed by atoms with van der Waals surface area (Å²) in [5, 5.41) is 7.71. The second-order valence-electron chi connectivity index (χ2n) is 7.76. The Hall–Kier alpha value is -3.69. The van der Waals surface area contributed by atoms with Crippen LogP contribution in [0.2, 0.25) is 5.02 Å². The molecule has 0 radical (unpaired) electrons. The van der Waals surface area contributed by atoms with E-state index in [-0.39, 0.29) is 18.3 Å². The lowest BCUT2D eigenvalue weighted by Crippen LogP contribution is -2.10. The average Bonchev–Trinajstić information content (AvgIpc) is 2.88. The molecule has 1 amide bonds. The molecule has 0 aliphatic rings. The largest absolute Gasteiger partial charge is 0.492 e. The van der Waals surface area contributed by atoms with Crippen molar-refractivity contribution < 1.29 is 18.7 Å². The highest BCUT2D eigenvalue weighted by Gasteiger charge is 2.13. The van der Waals surface area contributed by atoms with Crippen LogP contribution in [0.5, 0.6) is 11.5 Å². The first-order valence-electron chi connectivity index (χ1n) is 11.4. The molecule has 190 valence electrons. The molecule has 0 bridgehead atoms. The third kappa shape index (κ3) is 6.96. The predicted octanol–water partition coefficient (Wildman–Crippen LogP) is 7.03. The number of aromatic nitrogens is 2. The lowest BCUT2D eigenvalue weighted by molar-refractivity contribution is -0.111. The van der Waals surface area contributed by atoms with Crippen molar-refractivity contribution in [1.82, 2.24) is 9.97 Å². The number of nitrogens with zero attached hydrogens (tertiary/aromatic N) is 2. The van der Waals surface area contributed by atoms with Crippen LogP contribution in [0.3, 0.4) is 0 Å². The van der Waals surface area contributed by atoms with Gasteiger partial charge in [-0.25, -0.2) is 14.4 Å². The Morgan fingerprint density at radius 3 is 2.73 bits per heavy atom. The number of fused-ring (bicyclic) bond motifs is 1. The Bertz CT molecular complexity index is 1450. The topological polar surface area (TPSA) is 85.4 Å². The molecule has 3 aromatic carbocycles. The van der Waals surface area contributed by atoms with Crippen molar-refractivity contribution in [3.05, 3.63) is 89.5 Å². The number of benzene rings is 3. The van der Waals surface area contributed by atoms with Crippen LogP contribution in [0.1, 0.15) is 12.5 Å². The summed E-state index contributed by atoms with van der Waals surface area (Å²) in [5.41, 5.74) is 2.50. The van der Waals surface area contributed by atoms with Crippen molar-refractivity contribution in [2.24, 2.45) is 0 Å². The number of hydrogen-bond donors (Lipinski definition) is 2. The standard InChI is InChI=1S/C27H23BrClFN4O3/c1-2-36-25-14-22-20(13-23(25)34-26(35)7-4-10-28)27(32-16-31-22)33-19-8-9-24(21(29)12-19)37-15-17-5-3-6-18(30)11-17/h3-9,11-14,16H,2,10,15H2,1H3,(H,34,35)(H,31,32,33)/b7-4+. The van der Waals surface area contributed by atoms with Gasteiger partial charge in [0.15, 0.2) is 0 Å². The van der Waals surface area contributed by atoms with Crippen molar-refractivity contribution in [2.75, 3.05) is 22.6 Å². The van der Waals surface area contributed by atoms with Crippen molar-refractivity contribution in [3.8, 4) is 11.5 Å². The highest BCUT2D eigenvalue weighted by Crippen LogP contribution is 2.35. The molecule has 0 aliphatic carbocycles. The van der Waals surface area contributed by atoms with Crippen LogP contribution in [0.4, 0.5) is 21.6 Å². The van der Waals surface area contributed by atoms with Crippen molar-refractivity contribution in [1.29, 1.82) is 0 Å². The van der Waals surface area contributed by atoms with Crippen LogP contribution in [0.15, 0.2) is 73.1 Å². The molecular weight excluding hydrogens is 563 g/mol. The molecular formula is C27H23BrClFN4O3. The molecule has 1 aromatic heterocycles. The first-order valence-corrected chi connectivity index (χ1v) is 12.9. The number of amides is 1. The second-order valence-corrected chi connectivity index (χ2v) is 8.81. The van der Waals surface area contributed by atoms with E-state index in [2.05, 4.69) is 36.5 Å². The van der Waals surface area contributed by atoms with Gasteiger partial charge in [0.2, 0.25) is 5.91 Å². The number of hydrogen-bond acceptors (Lipinski definition) is 6. The van der Waals surface area contributed by atoms with Crippen LogP contribution < -0.4 is 20.1 Å². The second kappa shape index (κ2) is 12.5. The zero-order valence-electron chi connectivity index (χ0n) is 19.8. The molecule has 10 heteroatoms. The summed E-state index contributed by atoms with van der Waals surface area (Å²) in [6.45, 7) is 2.47. The number of anilines is 3. The number of carbonyl (C=O) groups excluding carboxylic acids is 1. The van der Waals surface area contributed by atoms with Gasteiger partial charge >= 0.3 is 0 Å². The Morgan fingerprint density at radius 2 is 1.97 bits per heavy atom. The maximum Gasteiger partial charge on any atom is 0.248 e. The number of allylic oxidation sites excluding steroid dienone is 1. The van der Waals surface area contributed by atoms with Gasteiger partial charge < -0.3 is 20.1 Å². The fraction of sp³-hybridized carbons (Fsp3) is 0.148. The normalized spacial score (nSPS) is 11.0. The molecule has 0 unspecified atom stereocenters. The fourth-order valence-corrected chi connectivity index (χ4v) is 3.92. The summed E-state index contributed by atoms with van der Waals surface area (Å²) >= 11 is 9.71. The van der Waals surface area contributed by atoms with E-state index in [9.17, 15) is 9.18 Å². The number of carbonyl (C=O) groups is 1. The molecule has 0 saturated heterocycles. The Morgan fingerprint density at radius 1 is 1.11 bits per heavy atom. The molecule has 0 spiro atoms. The predicted molar refractivity (Wildman–Crippen MR) is 148 cm³/mol. The summed E-state index contributed by atoms with van der Waals surface area (Å²) in [5.74, 6) is 0.876. The molecule has 0 fully saturated rings. The van der Waals surface area contributed by atoms with E-state index in [4.69, 9.17) is 21.1 Å². The monoisotopic (exact) mass is 584 g/mol. The van der Waals surface area contributed by atoms with Gasteiger partial charge in [-0.2, -0.15) is 0 Å². The Kier molecular flexibility index (Phi) is 8.92. The van der Waals surface area contributed by atoms with E-state index >= 15 is 0 Å². The maximum atomic E-state index is 13.4. The smallest absolute Gasteiger partial charge is 0.248 e. The van der Waals surface area contributed by atoms with Gasteiger partial charge in [-0.1, -0.05) is 45.7 Å². The first-order chi connectivity index (χ1) is 18.0. The third-order valence-electron chi connectivity index (χ3n) is 5.13. The maximum absolute atomic E-state index is 13.4. The lowest BCUT2D eigenvalue weighted by atomic mass is 10.1. The van der Waals surface area contributed by atoms with Crippen molar-refractivity contribution in [3.63, 3.8) is 0 Å². The molecule has 37 heavy (non-hydrogen) atoms. The third-order valence-corrected chi connectivity index (χ3v) is 5.80. The molecule has 1 heterocycles. The van der Waals surface area contributed by atoms with E-state index in [1.807, 2.05) is 6.92 Å². The van der Waals surface area contributed by atoms with Crippen LogP contribution >= 0.6 is 27.5 Å². The van der Waals surface area contributed by atoms with Crippen LogP contribution in [0, 0.1) is 5.82 Å². The summed E-state index contributed by atoms with van der Waals surface area (Å²) in [7, 11) is 0. The van der Waals surface area contributed by atoms with Gasteiger partial charge in [0, 0.05) is 28.5 Å². The van der Waals surface area contributed by atoms with Crippen molar-refractivity contribution in [2.45, 2.75) is 13.5 Å². The zero-order valence-corrected chi connectivity index (χ0v) is 22.1. The van der Waals surface area contributed by atoms with Gasteiger partial charge in [-0.3, -0.25) is 4.79 Å². The lowest BCUT2D eigenvalue weighted by Gasteiger charge is -2.15. The quantitative estimate of drug-likeness (QED) is 0.153. The summed E-state index contributed by atoms with van der Waals surface area (Å²) in [6.07, 6.45) is 4.58. The van der Waals surface area contributed by atoms with E-state index < -0.39 is 0 Å². The molecule has 0 saturated carbocycles. The molecule has 0 atom stereocenters. The van der Waals surface area contributed by atoms with Crippen molar-refractivity contribution >= 4 is 61.5 Å². The average molecular weight is 586 g/mol. The molecule has 2 N–H and O–H groups in total. The molecule has 0 aliphatic heterocycles. The van der Waals surface area contributed by atoms with Gasteiger partial charge in [0.05, 0.1) is 22.8 Å². The van der Waals surface area contributed by atoms with Crippen LogP contribution in [-0.4, -0.2) is 27.8 Å². The van der Waals surface area contributed by atoms with Gasteiger partial charge in [0.1, 0.15) is 36.1 Å². The van der Waals surface area contributed by atoms with E-state index in [1.54, 1.807) is 48.5 Å². The number of halogens is 3. The van der Waals surface area contributed by atoms with Crippen LogP contribution in [0.25, 0.3) is 10.9 Å². The zero-order chi connectivity index (χ0) is 26.2. The minimum Gasteiger partial charge on any atom is -0.492 e. The molecule has 7 nitrogen and oxygen atoms in total. The SMILES string of the molecule is CCOc1cc2ncnc(Nc3ccc(OCc4cccc(F)c4)c(Cl)c3)c2cc1NC(=O)/C=C/CBr. The van der Waals surface area contributed by atoms with Gasteiger partial charge in [0.25, 0.3) is 0 Å².